The van der Waals surface area contributed by atoms with Gasteiger partial charge in [0.15, 0.2) is 6.10 Å². The van der Waals surface area contributed by atoms with Gasteiger partial charge in [-0.3, -0.25) is 4.79 Å². The lowest BCUT2D eigenvalue weighted by Crippen LogP contribution is -2.25. The molecule has 9 heteroatoms. The molecule has 0 aliphatic rings. The summed E-state index contributed by atoms with van der Waals surface area (Å²) < 4.78 is 33.8. The Balaban J connectivity index is 1.63. The zero-order chi connectivity index (χ0) is 23.4. The van der Waals surface area contributed by atoms with E-state index in [0.29, 0.717) is 22.8 Å². The van der Waals surface area contributed by atoms with Gasteiger partial charge >= 0.3 is 11.9 Å². The van der Waals surface area contributed by atoms with Gasteiger partial charge in [0.2, 0.25) is 11.5 Å². The Labute approximate surface area is 183 Å². The average molecular weight is 443 g/mol. The monoisotopic (exact) mass is 443 g/mol. The number of ketones is 1. The van der Waals surface area contributed by atoms with E-state index < -0.39 is 23.8 Å². The van der Waals surface area contributed by atoms with Gasteiger partial charge in [0.1, 0.15) is 23.9 Å². The summed E-state index contributed by atoms with van der Waals surface area (Å²) in [5, 5.41) is 0. The number of aromatic amines is 1. The second-order valence-corrected chi connectivity index (χ2v) is 7.04. The minimum absolute atomic E-state index is 0.0185. The van der Waals surface area contributed by atoms with Gasteiger partial charge in [-0.2, -0.15) is 0 Å². The van der Waals surface area contributed by atoms with E-state index in [2.05, 4.69) is 4.98 Å². The van der Waals surface area contributed by atoms with Crippen molar-refractivity contribution in [2.24, 2.45) is 0 Å². The molecule has 0 fully saturated rings. The highest BCUT2D eigenvalue weighted by Crippen LogP contribution is 2.21. The number of ether oxygens (including phenoxy) is 3. The molecule has 0 saturated carbocycles. The Hall–Kier alpha value is -3.88. The molecule has 8 nitrogen and oxygen atoms in total. The van der Waals surface area contributed by atoms with E-state index in [1.807, 2.05) is 0 Å². The van der Waals surface area contributed by atoms with Crippen LogP contribution in [0.25, 0.3) is 0 Å². The van der Waals surface area contributed by atoms with Crippen molar-refractivity contribution in [3.8, 4) is 5.75 Å². The third kappa shape index (κ3) is 4.88. The van der Waals surface area contributed by atoms with Crippen LogP contribution in [0.3, 0.4) is 0 Å². The maximum absolute atomic E-state index is 12.9. The zero-order valence-electron chi connectivity index (χ0n) is 18.0. The van der Waals surface area contributed by atoms with Gasteiger partial charge in [-0.1, -0.05) is 0 Å². The molecule has 0 amide bonds. The molecule has 1 atom stereocenters. The van der Waals surface area contributed by atoms with Gasteiger partial charge in [-0.25, -0.2) is 14.0 Å². The number of rotatable bonds is 8. The molecule has 0 bridgehead atoms. The highest BCUT2D eigenvalue weighted by molar-refractivity contribution is 6.04. The molecule has 32 heavy (non-hydrogen) atoms. The van der Waals surface area contributed by atoms with Crippen LogP contribution in [-0.2, 0) is 16.1 Å². The lowest BCUT2D eigenvalue weighted by Gasteiger charge is -2.11. The van der Waals surface area contributed by atoms with Crippen LogP contribution in [-0.4, -0.2) is 35.9 Å². The minimum atomic E-state index is -1.13. The van der Waals surface area contributed by atoms with Crippen molar-refractivity contribution in [1.82, 2.24) is 4.98 Å². The molecular formula is C23H22FNO7. The van der Waals surface area contributed by atoms with E-state index in [9.17, 15) is 18.8 Å². The molecule has 3 rings (SSSR count). The first kappa shape index (κ1) is 22.8. The number of carbonyl (C=O) groups is 3. The largest absolute Gasteiger partial charge is 0.486 e. The topological polar surface area (TPSA) is 108 Å². The molecule has 0 spiro atoms. The number of methoxy groups -OCH3 is 1. The minimum Gasteiger partial charge on any atom is -0.486 e. The Bertz CT molecular complexity index is 1140. The fraction of sp³-hybridized carbons (Fsp3) is 0.261. The Morgan fingerprint density at radius 3 is 2.41 bits per heavy atom. The first-order valence-corrected chi connectivity index (χ1v) is 9.71. The summed E-state index contributed by atoms with van der Waals surface area (Å²) in [4.78, 5) is 39.9. The molecule has 2 heterocycles. The number of nitrogens with one attached hydrogen (secondary N) is 1. The van der Waals surface area contributed by atoms with Gasteiger partial charge in [0, 0.05) is 5.69 Å². The first-order valence-electron chi connectivity index (χ1n) is 9.71. The molecule has 0 aliphatic carbocycles. The lowest BCUT2D eigenvalue weighted by molar-refractivity contribution is 0.0284. The second-order valence-electron chi connectivity index (χ2n) is 7.04. The second kappa shape index (κ2) is 9.51. The highest BCUT2D eigenvalue weighted by atomic mass is 19.1. The van der Waals surface area contributed by atoms with Gasteiger partial charge in [0.05, 0.1) is 18.4 Å². The summed E-state index contributed by atoms with van der Waals surface area (Å²) in [5.74, 6) is -1.58. The fourth-order valence-electron chi connectivity index (χ4n) is 3.13. The number of halogens is 1. The van der Waals surface area contributed by atoms with Gasteiger partial charge in [-0.15, -0.1) is 0 Å². The van der Waals surface area contributed by atoms with E-state index in [4.69, 9.17) is 18.6 Å². The highest BCUT2D eigenvalue weighted by Gasteiger charge is 2.28. The number of hydrogen-bond acceptors (Lipinski definition) is 7. The quantitative estimate of drug-likeness (QED) is 0.411. The summed E-state index contributed by atoms with van der Waals surface area (Å²) in [5.41, 5.74) is 1.33. The number of aryl methyl sites for hydroxylation is 1. The number of aromatic nitrogens is 1. The molecular weight excluding hydrogens is 421 g/mol. The number of Topliss-reactive ketones (excluding diaryl/α,β-unsaturated/α-hetero) is 1. The van der Waals surface area contributed by atoms with Crippen LogP contribution in [0, 0.1) is 19.7 Å². The van der Waals surface area contributed by atoms with Crippen molar-refractivity contribution in [1.29, 1.82) is 0 Å². The molecule has 2 aromatic heterocycles. The first-order chi connectivity index (χ1) is 15.2. The number of benzene rings is 1. The Morgan fingerprint density at radius 1 is 1.06 bits per heavy atom. The Kier molecular flexibility index (Phi) is 6.77. The van der Waals surface area contributed by atoms with E-state index >= 15 is 0 Å². The van der Waals surface area contributed by atoms with Crippen LogP contribution in [0.1, 0.15) is 55.3 Å². The van der Waals surface area contributed by atoms with Crippen LogP contribution in [0.5, 0.6) is 5.75 Å². The van der Waals surface area contributed by atoms with E-state index in [0.717, 1.165) is 0 Å². The van der Waals surface area contributed by atoms with E-state index in [1.54, 1.807) is 13.8 Å². The van der Waals surface area contributed by atoms with Crippen LogP contribution >= 0.6 is 0 Å². The van der Waals surface area contributed by atoms with Crippen LogP contribution in [0.4, 0.5) is 4.39 Å². The van der Waals surface area contributed by atoms with Crippen molar-refractivity contribution in [3.05, 3.63) is 76.3 Å². The molecule has 1 N–H and O–H groups in total. The maximum atomic E-state index is 12.9. The number of H-pyrrole nitrogens is 1. The average Bonchev–Trinajstić information content (AvgIpc) is 3.36. The smallest absolute Gasteiger partial charge is 0.374 e. The van der Waals surface area contributed by atoms with Crippen molar-refractivity contribution in [2.45, 2.75) is 33.5 Å². The summed E-state index contributed by atoms with van der Waals surface area (Å²) in [6.45, 7) is 4.70. The molecule has 1 aromatic carbocycles. The number of carbonyl (C=O) groups excluding carboxylic acids is 3. The zero-order valence-corrected chi connectivity index (χ0v) is 18.0. The molecule has 0 radical (unpaired) electrons. The van der Waals surface area contributed by atoms with Crippen molar-refractivity contribution < 1.29 is 37.4 Å². The summed E-state index contributed by atoms with van der Waals surface area (Å²) in [6, 6.07) is 8.41. The SMILES string of the molecule is COC(=O)c1c(C)[nH]c(C(=O)[C@H](C)OC(=O)c2ccc(COc3ccc(F)cc3)o2)c1C. The standard InChI is InChI=1S/C23H22FNO7/c1-12-19(23(28)29-4)13(2)25-20(12)21(26)14(3)31-22(27)18-10-9-17(32-18)11-30-16-7-5-15(24)6-8-16/h5-10,14,25H,11H2,1-4H3/t14-/m0/s1. The third-order valence-corrected chi connectivity index (χ3v) is 4.78. The normalized spacial score (nSPS) is 11.7. The molecule has 0 aliphatic heterocycles. The molecule has 0 saturated heterocycles. The number of hydrogen-bond donors (Lipinski definition) is 1. The lowest BCUT2D eigenvalue weighted by atomic mass is 10.1. The van der Waals surface area contributed by atoms with Crippen molar-refractivity contribution in [2.75, 3.05) is 7.11 Å². The summed E-state index contributed by atoms with van der Waals surface area (Å²) in [6.07, 6.45) is -1.13. The van der Waals surface area contributed by atoms with Gasteiger partial charge in [-0.05, 0) is 62.7 Å². The summed E-state index contributed by atoms with van der Waals surface area (Å²) >= 11 is 0. The summed E-state index contributed by atoms with van der Waals surface area (Å²) in [7, 11) is 1.25. The van der Waals surface area contributed by atoms with Crippen LogP contribution in [0.15, 0.2) is 40.8 Å². The third-order valence-electron chi connectivity index (χ3n) is 4.78. The van der Waals surface area contributed by atoms with Gasteiger partial charge in [0.25, 0.3) is 0 Å². The predicted octanol–water partition coefficient (Wildman–Crippen LogP) is 4.16. The molecule has 168 valence electrons. The molecule has 0 unspecified atom stereocenters. The Morgan fingerprint density at radius 2 is 1.75 bits per heavy atom. The number of esters is 2. The fourth-order valence-corrected chi connectivity index (χ4v) is 3.13. The van der Waals surface area contributed by atoms with E-state index in [1.165, 1.54) is 50.4 Å². The van der Waals surface area contributed by atoms with E-state index in [-0.39, 0.29) is 29.4 Å². The van der Waals surface area contributed by atoms with Crippen LogP contribution in [0.2, 0.25) is 0 Å². The maximum Gasteiger partial charge on any atom is 0.374 e. The van der Waals surface area contributed by atoms with Crippen LogP contribution < -0.4 is 4.74 Å². The van der Waals surface area contributed by atoms with Crippen molar-refractivity contribution in [3.63, 3.8) is 0 Å². The molecule has 3 aromatic rings. The van der Waals surface area contributed by atoms with Crippen molar-refractivity contribution >= 4 is 17.7 Å². The number of furan rings is 1. The predicted molar refractivity (Wildman–Crippen MR) is 110 cm³/mol. The van der Waals surface area contributed by atoms with Gasteiger partial charge < -0.3 is 23.6 Å².